The van der Waals surface area contributed by atoms with Crippen LogP contribution in [0.2, 0.25) is 0 Å². The number of urea groups is 1. The molecular formula is C13H24N2O6. The average Bonchev–Trinajstić information content (AvgIpc) is 2.37. The van der Waals surface area contributed by atoms with E-state index in [2.05, 4.69) is 5.32 Å². The fraction of sp³-hybridized carbons (Fsp3) is 0.769. The number of hydrogen-bond donors (Lipinski definition) is 2. The Hall–Kier alpha value is -1.67. The molecule has 0 saturated carbocycles. The molecule has 0 aliphatic heterocycles. The SMILES string of the molecule is COCCN(CCOC)C(=O)NC(=O)CC(C)CC(=O)O. The van der Waals surface area contributed by atoms with E-state index in [0.717, 1.165) is 0 Å². The second kappa shape index (κ2) is 11.0. The van der Waals surface area contributed by atoms with Crippen molar-refractivity contribution in [2.75, 3.05) is 40.5 Å². The number of imide groups is 1. The van der Waals surface area contributed by atoms with E-state index in [-0.39, 0.29) is 18.8 Å². The Balaban J connectivity index is 4.31. The number of nitrogens with zero attached hydrogens (tertiary/aromatic N) is 1. The van der Waals surface area contributed by atoms with Gasteiger partial charge in [0.05, 0.1) is 13.2 Å². The maximum absolute atomic E-state index is 11.9. The molecule has 0 aromatic carbocycles. The van der Waals surface area contributed by atoms with Gasteiger partial charge in [-0.25, -0.2) is 4.79 Å². The molecule has 21 heavy (non-hydrogen) atoms. The van der Waals surface area contributed by atoms with Crippen molar-refractivity contribution in [1.29, 1.82) is 0 Å². The third-order valence-electron chi connectivity index (χ3n) is 2.72. The summed E-state index contributed by atoms with van der Waals surface area (Å²) in [6.07, 6.45) is -0.126. The number of carbonyl (C=O) groups excluding carboxylic acids is 2. The molecule has 0 bridgehead atoms. The summed E-state index contributed by atoms with van der Waals surface area (Å²) in [5, 5.41) is 10.9. The zero-order valence-corrected chi connectivity index (χ0v) is 12.8. The van der Waals surface area contributed by atoms with Gasteiger partial charge in [0.25, 0.3) is 0 Å². The first-order valence-corrected chi connectivity index (χ1v) is 6.69. The minimum atomic E-state index is -0.969. The standard InChI is InChI=1S/C13H24N2O6/c1-10(9-12(17)18)8-11(16)14-13(19)15(4-6-20-2)5-7-21-3/h10H,4-9H2,1-3H3,(H,17,18)(H,14,16,19). The van der Waals surface area contributed by atoms with Crippen LogP contribution in [0.1, 0.15) is 19.8 Å². The van der Waals surface area contributed by atoms with Crippen molar-refractivity contribution in [2.45, 2.75) is 19.8 Å². The van der Waals surface area contributed by atoms with E-state index in [1.165, 1.54) is 19.1 Å². The molecule has 2 N–H and O–H groups in total. The minimum absolute atomic E-state index is 0.0135. The average molecular weight is 304 g/mol. The number of carboxylic acid groups (broad SMARTS) is 1. The first-order valence-electron chi connectivity index (χ1n) is 6.69. The van der Waals surface area contributed by atoms with E-state index in [0.29, 0.717) is 26.3 Å². The molecule has 0 aromatic heterocycles. The number of methoxy groups -OCH3 is 2. The number of rotatable bonds is 10. The number of carboxylic acids is 1. The van der Waals surface area contributed by atoms with Crippen molar-refractivity contribution in [2.24, 2.45) is 5.92 Å². The molecule has 3 amide bonds. The summed E-state index contributed by atoms with van der Waals surface area (Å²) in [5.41, 5.74) is 0. The molecule has 122 valence electrons. The lowest BCUT2D eigenvalue weighted by molar-refractivity contribution is -0.138. The highest BCUT2D eigenvalue weighted by atomic mass is 16.5. The molecule has 1 unspecified atom stereocenters. The van der Waals surface area contributed by atoms with Gasteiger partial charge in [0.1, 0.15) is 0 Å². The molecule has 0 rings (SSSR count). The summed E-state index contributed by atoms with van der Waals surface area (Å²) in [5.74, 6) is -1.79. The van der Waals surface area contributed by atoms with Gasteiger partial charge in [0.15, 0.2) is 0 Å². The number of amides is 3. The lowest BCUT2D eigenvalue weighted by atomic mass is 10.0. The van der Waals surface area contributed by atoms with Crippen LogP contribution < -0.4 is 5.32 Å². The first kappa shape index (κ1) is 19.3. The topological polar surface area (TPSA) is 105 Å². The molecule has 0 fully saturated rings. The Morgan fingerprint density at radius 3 is 2.05 bits per heavy atom. The van der Waals surface area contributed by atoms with Crippen LogP contribution in [0.3, 0.4) is 0 Å². The molecule has 8 nitrogen and oxygen atoms in total. The van der Waals surface area contributed by atoms with Gasteiger partial charge in [0, 0.05) is 40.2 Å². The van der Waals surface area contributed by atoms with Gasteiger partial charge < -0.3 is 19.5 Å². The molecule has 0 spiro atoms. The van der Waals surface area contributed by atoms with Crippen LogP contribution in [0.15, 0.2) is 0 Å². The van der Waals surface area contributed by atoms with E-state index in [4.69, 9.17) is 14.6 Å². The summed E-state index contributed by atoms with van der Waals surface area (Å²) in [6.45, 7) is 3.01. The lowest BCUT2D eigenvalue weighted by Gasteiger charge is -2.22. The van der Waals surface area contributed by atoms with Crippen LogP contribution in [0.25, 0.3) is 0 Å². The Labute approximate surface area is 124 Å². The van der Waals surface area contributed by atoms with Gasteiger partial charge in [0.2, 0.25) is 5.91 Å². The van der Waals surface area contributed by atoms with Crippen LogP contribution >= 0.6 is 0 Å². The maximum atomic E-state index is 11.9. The second-order valence-corrected chi connectivity index (χ2v) is 4.73. The fourth-order valence-corrected chi connectivity index (χ4v) is 1.65. The van der Waals surface area contributed by atoms with E-state index in [9.17, 15) is 14.4 Å². The number of aliphatic carboxylic acids is 1. The quantitative estimate of drug-likeness (QED) is 0.602. The largest absolute Gasteiger partial charge is 0.481 e. The molecule has 0 aliphatic carbocycles. The number of carbonyl (C=O) groups is 3. The monoisotopic (exact) mass is 304 g/mol. The van der Waals surface area contributed by atoms with E-state index in [1.807, 2.05) is 0 Å². The third kappa shape index (κ3) is 9.80. The van der Waals surface area contributed by atoms with Crippen molar-refractivity contribution >= 4 is 17.9 Å². The summed E-state index contributed by atoms with van der Waals surface area (Å²) in [4.78, 5) is 35.6. The second-order valence-electron chi connectivity index (χ2n) is 4.73. The van der Waals surface area contributed by atoms with Crippen LogP contribution in [0.4, 0.5) is 4.79 Å². The summed E-state index contributed by atoms with van der Waals surface area (Å²) in [6, 6.07) is -0.531. The van der Waals surface area contributed by atoms with Crippen LogP contribution in [-0.4, -0.2) is 68.4 Å². The van der Waals surface area contributed by atoms with Gasteiger partial charge in [-0.3, -0.25) is 14.9 Å². The molecule has 0 saturated heterocycles. The van der Waals surface area contributed by atoms with E-state index in [1.54, 1.807) is 6.92 Å². The summed E-state index contributed by atoms with van der Waals surface area (Å²) in [7, 11) is 3.04. The Kier molecular flexibility index (Phi) is 10.2. The molecule has 0 aromatic rings. The highest BCUT2D eigenvalue weighted by molar-refractivity contribution is 5.94. The van der Waals surface area contributed by atoms with Crippen molar-refractivity contribution in [3.63, 3.8) is 0 Å². The van der Waals surface area contributed by atoms with Crippen LogP contribution in [-0.2, 0) is 19.1 Å². The number of nitrogens with one attached hydrogen (secondary N) is 1. The van der Waals surface area contributed by atoms with E-state index < -0.39 is 17.9 Å². The molecule has 1 atom stereocenters. The molecule has 8 heteroatoms. The van der Waals surface area contributed by atoms with Crippen molar-refractivity contribution < 1.29 is 29.0 Å². The minimum Gasteiger partial charge on any atom is -0.481 e. The highest BCUT2D eigenvalue weighted by Gasteiger charge is 2.18. The predicted octanol–water partition coefficient (Wildman–Crippen LogP) is 0.318. The lowest BCUT2D eigenvalue weighted by Crippen LogP contribution is -2.45. The maximum Gasteiger partial charge on any atom is 0.324 e. The Morgan fingerprint density at radius 1 is 1.10 bits per heavy atom. The van der Waals surface area contributed by atoms with Gasteiger partial charge >= 0.3 is 12.0 Å². The van der Waals surface area contributed by atoms with Crippen LogP contribution in [0.5, 0.6) is 0 Å². The predicted molar refractivity (Wildman–Crippen MR) is 74.9 cm³/mol. The van der Waals surface area contributed by atoms with Gasteiger partial charge in [-0.15, -0.1) is 0 Å². The molecule has 0 heterocycles. The smallest absolute Gasteiger partial charge is 0.324 e. The summed E-state index contributed by atoms with van der Waals surface area (Å²) < 4.78 is 9.81. The normalized spacial score (nSPS) is 11.8. The van der Waals surface area contributed by atoms with Crippen molar-refractivity contribution in [3.05, 3.63) is 0 Å². The number of hydrogen-bond acceptors (Lipinski definition) is 5. The van der Waals surface area contributed by atoms with Gasteiger partial charge in [-0.1, -0.05) is 6.92 Å². The zero-order valence-electron chi connectivity index (χ0n) is 12.8. The molecule has 0 aliphatic rings. The third-order valence-corrected chi connectivity index (χ3v) is 2.72. The summed E-state index contributed by atoms with van der Waals surface area (Å²) >= 11 is 0. The zero-order chi connectivity index (χ0) is 16.3. The Morgan fingerprint density at radius 2 is 1.62 bits per heavy atom. The van der Waals surface area contributed by atoms with Crippen molar-refractivity contribution in [1.82, 2.24) is 10.2 Å². The first-order chi connectivity index (χ1) is 9.90. The van der Waals surface area contributed by atoms with Gasteiger partial charge in [-0.05, 0) is 5.92 Å². The fourth-order valence-electron chi connectivity index (χ4n) is 1.65. The Bertz CT molecular complexity index is 340. The van der Waals surface area contributed by atoms with Crippen molar-refractivity contribution in [3.8, 4) is 0 Å². The molecule has 0 radical (unpaired) electrons. The van der Waals surface area contributed by atoms with Gasteiger partial charge in [-0.2, -0.15) is 0 Å². The molecular weight excluding hydrogens is 280 g/mol. The highest BCUT2D eigenvalue weighted by Crippen LogP contribution is 2.07. The van der Waals surface area contributed by atoms with Crippen LogP contribution in [0, 0.1) is 5.92 Å². The number of ether oxygens (including phenoxy) is 2. The van der Waals surface area contributed by atoms with E-state index >= 15 is 0 Å².